The van der Waals surface area contributed by atoms with Crippen molar-refractivity contribution in [2.24, 2.45) is 10.3 Å². The fourth-order valence-electron chi connectivity index (χ4n) is 2.91. The van der Waals surface area contributed by atoms with E-state index in [1.807, 2.05) is 6.92 Å². The highest BCUT2D eigenvalue weighted by molar-refractivity contribution is 7.61. The van der Waals surface area contributed by atoms with Crippen LogP contribution < -0.4 is 10.1 Å². The second kappa shape index (κ2) is 8.11. The molecule has 8 nitrogen and oxygen atoms in total. The number of urea groups is 1. The fourth-order valence-corrected chi connectivity index (χ4v) is 3.37. The van der Waals surface area contributed by atoms with E-state index in [1.165, 1.54) is 7.05 Å². The van der Waals surface area contributed by atoms with Crippen LogP contribution in [-0.2, 0) is 15.3 Å². The number of nitrogens with zero attached hydrogens (tertiary/aromatic N) is 2. The number of carbonyl (C=O) groups is 2. The number of hydrogen-bond acceptors (Lipinski definition) is 6. The van der Waals surface area contributed by atoms with Gasteiger partial charge in [-0.25, -0.2) is 4.79 Å². The molecule has 9 heteroatoms. The lowest BCUT2D eigenvalue weighted by atomic mass is 10.1. The number of imide groups is 1. The van der Waals surface area contributed by atoms with Crippen LogP contribution in [0.4, 0.5) is 4.79 Å². The summed E-state index contributed by atoms with van der Waals surface area (Å²) in [6.07, 6.45) is 0.606. The van der Waals surface area contributed by atoms with Gasteiger partial charge < -0.3 is 10.1 Å². The summed E-state index contributed by atoms with van der Waals surface area (Å²) in [5.74, 6) is -0.803. The van der Waals surface area contributed by atoms with Crippen LogP contribution in [0.15, 0.2) is 28.6 Å². The largest absolute Gasteiger partial charge is 0.497 e. The van der Waals surface area contributed by atoms with E-state index in [2.05, 4.69) is 9.68 Å². The molecule has 1 aliphatic carbocycles. The van der Waals surface area contributed by atoms with E-state index in [9.17, 15) is 18.0 Å². The Morgan fingerprint density at radius 2 is 1.92 bits per heavy atom. The van der Waals surface area contributed by atoms with Gasteiger partial charge in [-0.05, 0) is 24.1 Å². The van der Waals surface area contributed by atoms with Gasteiger partial charge in [0.05, 0.1) is 19.1 Å². The van der Waals surface area contributed by atoms with Gasteiger partial charge in [-0.2, -0.15) is 12.8 Å². The zero-order valence-electron chi connectivity index (χ0n) is 14.3. The summed E-state index contributed by atoms with van der Waals surface area (Å²) < 4.78 is 30.7. The monoisotopic (exact) mass is 367 g/mol. The van der Waals surface area contributed by atoms with Gasteiger partial charge in [0, 0.05) is 19.5 Å². The molecule has 3 atom stereocenters. The highest BCUT2D eigenvalue weighted by Crippen LogP contribution is 2.51. The molecule has 1 fully saturated rings. The first-order valence-corrected chi connectivity index (χ1v) is 8.95. The van der Waals surface area contributed by atoms with Gasteiger partial charge in [-0.3, -0.25) is 9.69 Å². The SMILES string of the molecule is CCCN(C(=O)NC)C(=O)C1C(N=S(=O)=O)C1c1ccc(OC)cc1. The van der Waals surface area contributed by atoms with Crippen molar-refractivity contribution in [3.8, 4) is 5.75 Å². The lowest BCUT2D eigenvalue weighted by Crippen LogP contribution is -2.44. The summed E-state index contributed by atoms with van der Waals surface area (Å²) in [5, 5.41) is 2.44. The summed E-state index contributed by atoms with van der Waals surface area (Å²) in [6.45, 7) is 2.11. The molecular formula is C16H21N3O5S. The normalized spacial score (nSPS) is 21.2. The molecule has 1 N–H and O–H groups in total. The minimum atomic E-state index is -2.62. The molecule has 0 spiro atoms. The zero-order valence-corrected chi connectivity index (χ0v) is 15.1. The summed E-state index contributed by atoms with van der Waals surface area (Å²) >= 11 is 0. The first kappa shape index (κ1) is 18.9. The van der Waals surface area contributed by atoms with Crippen molar-refractivity contribution in [2.45, 2.75) is 25.3 Å². The zero-order chi connectivity index (χ0) is 18.6. The van der Waals surface area contributed by atoms with Crippen molar-refractivity contribution in [3.05, 3.63) is 29.8 Å². The second-order valence-electron chi connectivity index (χ2n) is 5.68. The summed E-state index contributed by atoms with van der Waals surface area (Å²) in [7, 11) is 0.369. The van der Waals surface area contributed by atoms with Crippen LogP contribution in [0.5, 0.6) is 5.75 Å². The number of rotatable bonds is 6. The van der Waals surface area contributed by atoms with Crippen molar-refractivity contribution in [2.75, 3.05) is 20.7 Å². The van der Waals surface area contributed by atoms with Crippen LogP contribution in [0, 0.1) is 5.92 Å². The Bertz CT molecular complexity index is 767. The van der Waals surface area contributed by atoms with Crippen LogP contribution in [0.2, 0.25) is 0 Å². The maximum atomic E-state index is 12.8. The minimum Gasteiger partial charge on any atom is -0.497 e. The van der Waals surface area contributed by atoms with Crippen molar-refractivity contribution < 1.29 is 22.7 Å². The Kier molecular flexibility index (Phi) is 6.13. The lowest BCUT2D eigenvalue weighted by molar-refractivity contribution is -0.129. The number of carbonyl (C=O) groups excluding carboxylic acids is 2. The molecule has 3 unspecified atom stereocenters. The number of methoxy groups -OCH3 is 1. The van der Waals surface area contributed by atoms with Gasteiger partial charge in [0.25, 0.3) is 0 Å². The van der Waals surface area contributed by atoms with Crippen LogP contribution in [0.1, 0.15) is 24.8 Å². The second-order valence-corrected chi connectivity index (χ2v) is 6.33. The van der Waals surface area contributed by atoms with E-state index in [0.717, 1.165) is 10.5 Å². The quantitative estimate of drug-likeness (QED) is 0.818. The van der Waals surface area contributed by atoms with Crippen LogP contribution in [0.3, 0.4) is 0 Å². The van der Waals surface area contributed by atoms with Crippen LogP contribution >= 0.6 is 0 Å². The van der Waals surface area contributed by atoms with E-state index in [0.29, 0.717) is 12.2 Å². The smallest absolute Gasteiger partial charge is 0.323 e. The Morgan fingerprint density at radius 3 is 2.40 bits per heavy atom. The first-order valence-electron chi connectivity index (χ1n) is 7.91. The molecule has 0 bridgehead atoms. The van der Waals surface area contributed by atoms with Crippen molar-refractivity contribution in [1.82, 2.24) is 10.2 Å². The van der Waals surface area contributed by atoms with Gasteiger partial charge >= 0.3 is 16.5 Å². The Labute approximate surface area is 147 Å². The molecule has 3 amide bonds. The average Bonchev–Trinajstić information content (AvgIpc) is 3.31. The molecule has 1 aromatic rings. The molecule has 2 rings (SSSR count). The number of ether oxygens (including phenoxy) is 1. The minimum absolute atomic E-state index is 0.261. The molecule has 25 heavy (non-hydrogen) atoms. The molecular weight excluding hydrogens is 346 g/mol. The molecule has 0 aromatic heterocycles. The van der Waals surface area contributed by atoms with Crippen molar-refractivity contribution in [1.29, 1.82) is 0 Å². The van der Waals surface area contributed by atoms with Crippen LogP contribution in [0.25, 0.3) is 0 Å². The predicted molar refractivity (Wildman–Crippen MR) is 90.8 cm³/mol. The van der Waals surface area contributed by atoms with Gasteiger partial charge in [-0.1, -0.05) is 19.1 Å². The molecule has 1 aliphatic rings. The maximum Gasteiger partial charge on any atom is 0.323 e. The molecule has 0 heterocycles. The summed E-state index contributed by atoms with van der Waals surface area (Å²) in [4.78, 5) is 25.8. The number of benzene rings is 1. The summed E-state index contributed by atoms with van der Waals surface area (Å²) in [6, 6.07) is 5.83. The molecule has 0 saturated heterocycles. The molecule has 0 radical (unpaired) electrons. The van der Waals surface area contributed by atoms with Gasteiger partial charge in [0.15, 0.2) is 0 Å². The van der Waals surface area contributed by atoms with Crippen LogP contribution in [-0.4, -0.2) is 52.0 Å². The lowest BCUT2D eigenvalue weighted by Gasteiger charge is -2.19. The molecule has 1 saturated carbocycles. The van der Waals surface area contributed by atoms with Gasteiger partial charge in [-0.15, -0.1) is 0 Å². The maximum absolute atomic E-state index is 12.8. The Morgan fingerprint density at radius 1 is 1.28 bits per heavy atom. The standard InChI is InChI=1S/C16H21N3O5S/c1-4-9-19(16(21)17-2)15(20)13-12(14(13)18-25(22)23)10-5-7-11(24-3)8-6-10/h5-8,12-14H,4,9H2,1-3H3,(H,17,21). The third-order valence-corrected chi connectivity index (χ3v) is 4.56. The number of hydrogen-bond donors (Lipinski definition) is 1. The fraction of sp³-hybridized carbons (Fsp3) is 0.500. The third-order valence-electron chi connectivity index (χ3n) is 4.15. The van der Waals surface area contributed by atoms with E-state index in [4.69, 9.17) is 4.74 Å². The van der Waals surface area contributed by atoms with Gasteiger partial charge in [0.2, 0.25) is 5.91 Å². The highest BCUT2D eigenvalue weighted by Gasteiger charge is 2.58. The number of amides is 3. The number of nitrogens with one attached hydrogen (secondary N) is 1. The van der Waals surface area contributed by atoms with E-state index < -0.39 is 34.4 Å². The molecule has 1 aromatic carbocycles. The van der Waals surface area contributed by atoms with Gasteiger partial charge in [0.1, 0.15) is 5.75 Å². The molecule has 136 valence electrons. The van der Waals surface area contributed by atoms with E-state index in [1.54, 1.807) is 31.4 Å². The highest BCUT2D eigenvalue weighted by atomic mass is 32.2. The summed E-state index contributed by atoms with van der Waals surface area (Å²) in [5.41, 5.74) is 0.784. The predicted octanol–water partition coefficient (Wildman–Crippen LogP) is 1.42. The van der Waals surface area contributed by atoms with Crippen molar-refractivity contribution in [3.63, 3.8) is 0 Å². The molecule has 0 aliphatic heterocycles. The van der Waals surface area contributed by atoms with E-state index >= 15 is 0 Å². The average molecular weight is 367 g/mol. The Hall–Kier alpha value is -2.42. The third kappa shape index (κ3) is 4.16. The van der Waals surface area contributed by atoms with Crippen molar-refractivity contribution >= 4 is 22.4 Å². The first-order chi connectivity index (χ1) is 11.9. The Balaban J connectivity index is 2.30. The van der Waals surface area contributed by atoms with E-state index in [-0.39, 0.29) is 12.5 Å². The topological polar surface area (TPSA) is 105 Å².